The summed E-state index contributed by atoms with van der Waals surface area (Å²) in [5, 5.41) is 12.2. The highest BCUT2D eigenvalue weighted by Crippen LogP contribution is 2.26. The molecule has 0 fully saturated rings. The average molecular weight is 295 g/mol. The van der Waals surface area contributed by atoms with E-state index in [2.05, 4.69) is 20.5 Å². The molecule has 0 atom stereocenters. The van der Waals surface area contributed by atoms with E-state index in [1.807, 2.05) is 37.3 Å². The van der Waals surface area contributed by atoms with Gasteiger partial charge < -0.3 is 11.1 Å². The molecule has 2 heterocycles. The topological polar surface area (TPSA) is 76.7 Å². The summed E-state index contributed by atoms with van der Waals surface area (Å²) in [7, 11) is 0. The van der Waals surface area contributed by atoms with E-state index in [0.717, 1.165) is 22.3 Å². The number of nitrogens with two attached hydrogens (primary N) is 1. The van der Waals surface area contributed by atoms with E-state index in [1.165, 1.54) is 0 Å². The number of hydrogen-bond donors (Lipinski definition) is 2. The van der Waals surface area contributed by atoms with Gasteiger partial charge >= 0.3 is 0 Å². The zero-order valence-corrected chi connectivity index (χ0v) is 12.2. The normalized spacial score (nSPS) is 10.5. The third-order valence-corrected chi connectivity index (χ3v) is 3.30. The fourth-order valence-corrected chi connectivity index (χ4v) is 2.33. The minimum atomic E-state index is 0.280. The van der Waals surface area contributed by atoms with E-state index in [0.29, 0.717) is 11.4 Å². The summed E-state index contributed by atoms with van der Waals surface area (Å²) in [5.74, 6) is 0.542. The molecule has 0 saturated heterocycles. The lowest BCUT2D eigenvalue weighted by Gasteiger charge is -2.12. The van der Waals surface area contributed by atoms with Gasteiger partial charge in [-0.05, 0) is 25.1 Å². The third kappa shape index (κ3) is 2.66. The lowest BCUT2D eigenvalue weighted by atomic mass is 10.1. The van der Waals surface area contributed by atoms with Crippen LogP contribution < -0.4 is 11.1 Å². The summed E-state index contributed by atoms with van der Waals surface area (Å²) in [4.78, 5) is 4.79. The van der Waals surface area contributed by atoms with Gasteiger partial charge in [0.2, 0.25) is 0 Å². The van der Waals surface area contributed by atoms with Crippen LogP contribution in [0.5, 0.6) is 0 Å². The Hall–Kier alpha value is -2.60. The fraction of sp³-hybridized carbons (Fsp3) is 0.0667. The number of fused-ring (bicyclic) bond motifs is 1. The van der Waals surface area contributed by atoms with Crippen molar-refractivity contribution >= 4 is 39.6 Å². The Morgan fingerprint density at radius 3 is 2.86 bits per heavy atom. The summed E-state index contributed by atoms with van der Waals surface area (Å²) in [6.07, 6.45) is 1.57. The highest BCUT2D eigenvalue weighted by molar-refractivity contribution is 7.80. The molecule has 6 heteroatoms. The van der Waals surface area contributed by atoms with Crippen LogP contribution in [0.25, 0.3) is 10.9 Å². The Labute approximate surface area is 127 Å². The van der Waals surface area contributed by atoms with Gasteiger partial charge in [0, 0.05) is 11.1 Å². The second-order valence-corrected chi connectivity index (χ2v) is 5.05. The zero-order chi connectivity index (χ0) is 14.8. The largest absolute Gasteiger partial charge is 0.389 e. The lowest BCUT2D eigenvalue weighted by Crippen LogP contribution is -2.13. The molecule has 3 rings (SSSR count). The van der Waals surface area contributed by atoms with Crippen LogP contribution in [0.2, 0.25) is 0 Å². The minimum absolute atomic E-state index is 0.280. The Morgan fingerprint density at radius 1 is 1.24 bits per heavy atom. The van der Waals surface area contributed by atoms with Crippen LogP contribution in [-0.2, 0) is 0 Å². The number of aryl methyl sites for hydroxylation is 1. The van der Waals surface area contributed by atoms with Gasteiger partial charge in [0.1, 0.15) is 4.99 Å². The van der Waals surface area contributed by atoms with Crippen molar-refractivity contribution in [2.45, 2.75) is 6.92 Å². The number of hydrogen-bond acceptors (Lipinski definition) is 5. The summed E-state index contributed by atoms with van der Waals surface area (Å²) >= 11 is 5.05. The van der Waals surface area contributed by atoms with E-state index in [-0.39, 0.29) is 4.99 Å². The van der Waals surface area contributed by atoms with Gasteiger partial charge in [-0.15, -0.1) is 5.10 Å². The monoisotopic (exact) mass is 295 g/mol. The van der Waals surface area contributed by atoms with Gasteiger partial charge in [0.15, 0.2) is 5.82 Å². The number of anilines is 2. The van der Waals surface area contributed by atoms with Crippen molar-refractivity contribution < 1.29 is 0 Å². The van der Waals surface area contributed by atoms with Crippen molar-refractivity contribution in [2.24, 2.45) is 5.73 Å². The predicted octanol–water partition coefficient (Wildman–Crippen LogP) is 2.71. The molecule has 0 aliphatic rings. The van der Waals surface area contributed by atoms with E-state index < -0.39 is 0 Å². The average Bonchev–Trinajstić information content (AvgIpc) is 2.47. The van der Waals surface area contributed by atoms with E-state index >= 15 is 0 Å². The van der Waals surface area contributed by atoms with Crippen molar-refractivity contribution in [3.05, 3.63) is 53.9 Å². The van der Waals surface area contributed by atoms with Crippen LogP contribution in [0.3, 0.4) is 0 Å². The van der Waals surface area contributed by atoms with Crippen molar-refractivity contribution in [3.63, 3.8) is 0 Å². The lowest BCUT2D eigenvalue weighted by molar-refractivity contribution is 1.03. The molecule has 0 bridgehead atoms. The molecule has 2 aromatic heterocycles. The summed E-state index contributed by atoms with van der Waals surface area (Å²) in [6.45, 7) is 1.95. The smallest absolute Gasteiger partial charge is 0.163 e. The van der Waals surface area contributed by atoms with Crippen LogP contribution in [0.4, 0.5) is 11.5 Å². The highest BCUT2D eigenvalue weighted by atomic mass is 32.1. The molecule has 0 aliphatic carbocycles. The van der Waals surface area contributed by atoms with Crippen molar-refractivity contribution in [1.29, 1.82) is 0 Å². The van der Waals surface area contributed by atoms with E-state index in [1.54, 1.807) is 12.3 Å². The molecule has 5 nitrogen and oxygen atoms in total. The Morgan fingerprint density at radius 2 is 2.05 bits per heavy atom. The molecule has 3 N–H and O–H groups in total. The first-order chi connectivity index (χ1) is 10.1. The Kier molecular flexibility index (Phi) is 3.45. The number of nitrogens with one attached hydrogen (secondary N) is 1. The van der Waals surface area contributed by atoms with Crippen LogP contribution in [0.15, 0.2) is 42.6 Å². The molecule has 0 aliphatic heterocycles. The van der Waals surface area contributed by atoms with Crippen molar-refractivity contribution in [1.82, 2.24) is 15.2 Å². The van der Waals surface area contributed by atoms with Gasteiger partial charge in [0.25, 0.3) is 0 Å². The molecule has 1 aromatic carbocycles. The second-order valence-electron chi connectivity index (χ2n) is 4.61. The number of aromatic nitrogens is 3. The van der Waals surface area contributed by atoms with Gasteiger partial charge in [-0.3, -0.25) is 4.98 Å². The first-order valence-electron chi connectivity index (χ1n) is 6.40. The van der Waals surface area contributed by atoms with Crippen molar-refractivity contribution in [2.75, 3.05) is 5.32 Å². The maximum absolute atomic E-state index is 5.72. The first kappa shape index (κ1) is 13.4. The summed E-state index contributed by atoms with van der Waals surface area (Å²) < 4.78 is 0. The molecular formula is C15H13N5S. The Balaban J connectivity index is 2.13. The third-order valence-electron chi connectivity index (χ3n) is 3.08. The van der Waals surface area contributed by atoms with E-state index in [4.69, 9.17) is 18.0 Å². The van der Waals surface area contributed by atoms with Crippen LogP contribution in [0, 0.1) is 6.92 Å². The fourth-order valence-electron chi connectivity index (χ4n) is 2.16. The zero-order valence-electron chi connectivity index (χ0n) is 11.4. The van der Waals surface area contributed by atoms with Gasteiger partial charge in [0.05, 0.1) is 23.0 Å². The number of para-hydroxylation sites is 1. The predicted molar refractivity (Wildman–Crippen MR) is 87.7 cm³/mol. The molecule has 21 heavy (non-hydrogen) atoms. The second kappa shape index (κ2) is 5.41. The molecule has 104 valence electrons. The molecule has 0 radical (unpaired) electrons. The van der Waals surface area contributed by atoms with Gasteiger partial charge in [-0.1, -0.05) is 30.4 Å². The van der Waals surface area contributed by atoms with Crippen LogP contribution >= 0.6 is 12.2 Å². The molecule has 3 aromatic rings. The van der Waals surface area contributed by atoms with Crippen LogP contribution in [0.1, 0.15) is 11.3 Å². The maximum atomic E-state index is 5.72. The highest BCUT2D eigenvalue weighted by Gasteiger charge is 2.10. The number of thiocarbonyl (C=S) groups is 1. The first-order valence-corrected chi connectivity index (χ1v) is 6.81. The molecule has 0 amide bonds. The van der Waals surface area contributed by atoms with Gasteiger partial charge in [-0.25, -0.2) is 0 Å². The summed E-state index contributed by atoms with van der Waals surface area (Å²) in [5.41, 5.74) is 9.12. The molecule has 0 spiro atoms. The number of nitrogens with zero attached hydrogens (tertiary/aromatic N) is 3. The number of pyridine rings is 1. The molecular weight excluding hydrogens is 282 g/mol. The molecule has 0 unspecified atom stereocenters. The standard InChI is InChI=1S/C15H13N5S/c1-9-8-13(10-4-2-3-5-12(10)18-9)19-15-11(14(16)21)6-7-17-20-15/h2-8H,1H3,(H2,16,21)(H,18,19,20). The number of benzene rings is 1. The van der Waals surface area contributed by atoms with E-state index in [9.17, 15) is 0 Å². The minimum Gasteiger partial charge on any atom is -0.389 e. The Bertz CT molecular complexity index is 831. The SMILES string of the molecule is Cc1cc(Nc2nnccc2C(N)=S)c2ccccc2n1. The van der Waals surface area contributed by atoms with Gasteiger partial charge in [-0.2, -0.15) is 5.10 Å². The molecule has 0 saturated carbocycles. The summed E-state index contributed by atoms with van der Waals surface area (Å²) in [6, 6.07) is 11.6. The quantitative estimate of drug-likeness (QED) is 0.724. The van der Waals surface area contributed by atoms with Crippen LogP contribution in [-0.4, -0.2) is 20.2 Å². The maximum Gasteiger partial charge on any atom is 0.163 e. The number of rotatable bonds is 3. The van der Waals surface area contributed by atoms with Crippen molar-refractivity contribution in [3.8, 4) is 0 Å².